The number of rotatable bonds is 6. The summed E-state index contributed by atoms with van der Waals surface area (Å²) in [7, 11) is 1.95. The molecule has 3 N–H and O–H groups in total. The predicted octanol–water partition coefficient (Wildman–Crippen LogP) is 3.21. The third kappa shape index (κ3) is 6.59. The summed E-state index contributed by atoms with van der Waals surface area (Å²) in [5, 5.41) is 15.9. The number of amides is 2. The average Bonchev–Trinajstić information content (AvgIpc) is 2.96. The number of carbonyl (C=O) groups excluding carboxylic acids is 2. The summed E-state index contributed by atoms with van der Waals surface area (Å²) in [6, 6.07) is 3.37. The van der Waals surface area contributed by atoms with Crippen LogP contribution in [0.5, 0.6) is 0 Å². The number of aliphatic hydroxyl groups is 1. The third-order valence-corrected chi connectivity index (χ3v) is 6.13. The highest BCUT2D eigenvalue weighted by molar-refractivity contribution is 6.30. The summed E-state index contributed by atoms with van der Waals surface area (Å²) in [6.07, 6.45) is 0.806. The zero-order valence-electron chi connectivity index (χ0n) is 21.2. The Morgan fingerprint density at radius 3 is 2.54 bits per heavy atom. The molecular weight excluding hydrogens is 473 g/mol. The molecule has 35 heavy (non-hydrogen) atoms. The van der Waals surface area contributed by atoms with Gasteiger partial charge in [0.25, 0.3) is 5.91 Å². The van der Waals surface area contributed by atoms with Gasteiger partial charge in [0, 0.05) is 24.7 Å². The van der Waals surface area contributed by atoms with E-state index in [1.807, 2.05) is 32.4 Å². The van der Waals surface area contributed by atoms with Crippen LogP contribution in [0, 0.1) is 11.2 Å². The second kappa shape index (κ2) is 10.2. The van der Waals surface area contributed by atoms with Crippen LogP contribution in [-0.4, -0.2) is 63.2 Å². The Bertz CT molecular complexity index is 1100. The highest BCUT2D eigenvalue weighted by Gasteiger charge is 2.36. The average molecular weight is 508 g/mol. The Morgan fingerprint density at radius 2 is 1.91 bits per heavy atom. The van der Waals surface area contributed by atoms with Crippen molar-refractivity contribution in [2.75, 3.05) is 20.1 Å². The molecule has 0 saturated heterocycles. The molecule has 2 aromatic rings. The molecule has 0 aliphatic carbocycles. The van der Waals surface area contributed by atoms with Crippen molar-refractivity contribution in [1.82, 2.24) is 25.1 Å². The van der Waals surface area contributed by atoms with Crippen molar-refractivity contribution in [2.24, 2.45) is 5.41 Å². The van der Waals surface area contributed by atoms with Crippen LogP contribution in [0.3, 0.4) is 0 Å². The van der Waals surface area contributed by atoms with Gasteiger partial charge in [-0.3, -0.25) is 9.59 Å². The Balaban J connectivity index is 2.01. The quantitative estimate of drug-likeness (QED) is 0.557. The van der Waals surface area contributed by atoms with Gasteiger partial charge in [-0.15, -0.1) is 0 Å². The number of nitrogens with one attached hydrogen (secondary N) is 2. The Labute approximate surface area is 210 Å². The molecule has 1 atom stereocenters. The minimum atomic E-state index is -1.09. The molecule has 2 amide bonds. The minimum absolute atomic E-state index is 0.0388. The second-order valence-electron chi connectivity index (χ2n) is 10.9. The lowest BCUT2D eigenvalue weighted by Gasteiger charge is -2.31. The zero-order valence-corrected chi connectivity index (χ0v) is 22.0. The van der Waals surface area contributed by atoms with Gasteiger partial charge in [-0.1, -0.05) is 32.4 Å². The number of hydrogen-bond acceptors (Lipinski definition) is 5. The first-order chi connectivity index (χ1) is 16.2. The normalized spacial score (nSPS) is 15.8. The SMILES string of the molecule is CN1CCCn2c(-c3cc(Cl)ccc3F)nc(C(=O)N[C@H](C(=O)NCC(C)(C)O)C(C)(C)C)c2C1. The first-order valence-electron chi connectivity index (χ1n) is 11.7. The maximum absolute atomic E-state index is 14.8. The van der Waals surface area contributed by atoms with Crippen LogP contribution < -0.4 is 10.6 Å². The highest BCUT2D eigenvalue weighted by atomic mass is 35.5. The monoisotopic (exact) mass is 507 g/mol. The van der Waals surface area contributed by atoms with Crippen LogP contribution in [0.4, 0.5) is 4.39 Å². The van der Waals surface area contributed by atoms with E-state index >= 15 is 0 Å². The predicted molar refractivity (Wildman–Crippen MR) is 134 cm³/mol. The van der Waals surface area contributed by atoms with Crippen molar-refractivity contribution in [3.8, 4) is 11.4 Å². The molecule has 1 aliphatic rings. The van der Waals surface area contributed by atoms with Crippen LogP contribution in [-0.2, 0) is 17.9 Å². The first kappa shape index (κ1) is 27.1. The number of benzene rings is 1. The lowest BCUT2D eigenvalue weighted by atomic mass is 9.86. The molecule has 0 fully saturated rings. The van der Waals surface area contributed by atoms with Gasteiger partial charge < -0.3 is 25.2 Å². The van der Waals surface area contributed by atoms with E-state index in [1.165, 1.54) is 18.2 Å². The lowest BCUT2D eigenvalue weighted by Crippen LogP contribution is -2.55. The van der Waals surface area contributed by atoms with Gasteiger partial charge >= 0.3 is 0 Å². The number of hydrogen-bond donors (Lipinski definition) is 3. The van der Waals surface area contributed by atoms with Gasteiger partial charge in [0.1, 0.15) is 17.7 Å². The molecule has 0 spiro atoms. The molecule has 0 saturated carbocycles. The third-order valence-electron chi connectivity index (χ3n) is 5.90. The molecule has 10 heteroatoms. The van der Waals surface area contributed by atoms with Gasteiger partial charge in [0.05, 0.1) is 16.9 Å². The Hall–Kier alpha value is -2.49. The summed E-state index contributed by atoms with van der Waals surface area (Å²) < 4.78 is 16.6. The van der Waals surface area contributed by atoms with E-state index < -0.39 is 34.7 Å². The summed E-state index contributed by atoms with van der Waals surface area (Å²) in [4.78, 5) is 33.2. The molecule has 8 nitrogen and oxygen atoms in total. The number of imidazole rings is 1. The van der Waals surface area contributed by atoms with Crippen LogP contribution in [0.1, 0.15) is 57.2 Å². The number of carbonyl (C=O) groups is 2. The van der Waals surface area contributed by atoms with Crippen molar-refractivity contribution in [1.29, 1.82) is 0 Å². The second-order valence-corrected chi connectivity index (χ2v) is 11.3. The smallest absolute Gasteiger partial charge is 0.272 e. The number of fused-ring (bicyclic) bond motifs is 1. The first-order valence-corrected chi connectivity index (χ1v) is 12.1. The molecular formula is C25H35ClFN5O3. The molecule has 1 aromatic carbocycles. The molecule has 0 unspecified atom stereocenters. The summed E-state index contributed by atoms with van der Waals surface area (Å²) in [5.41, 5.74) is -0.685. The summed E-state index contributed by atoms with van der Waals surface area (Å²) in [6.45, 7) is 10.6. The van der Waals surface area contributed by atoms with Crippen molar-refractivity contribution in [3.05, 3.63) is 40.4 Å². The van der Waals surface area contributed by atoms with E-state index in [9.17, 15) is 19.1 Å². The van der Waals surface area contributed by atoms with E-state index in [4.69, 9.17) is 11.6 Å². The topological polar surface area (TPSA) is 99.5 Å². The van der Waals surface area contributed by atoms with Crippen molar-refractivity contribution >= 4 is 23.4 Å². The van der Waals surface area contributed by atoms with Crippen LogP contribution in [0.25, 0.3) is 11.4 Å². The number of halogens is 2. The summed E-state index contributed by atoms with van der Waals surface area (Å²) >= 11 is 6.14. The molecule has 192 valence electrons. The maximum Gasteiger partial charge on any atom is 0.272 e. The van der Waals surface area contributed by atoms with Gasteiger partial charge in [-0.05, 0) is 57.5 Å². The van der Waals surface area contributed by atoms with Crippen molar-refractivity contribution in [3.63, 3.8) is 0 Å². The number of nitrogens with zero attached hydrogens (tertiary/aromatic N) is 3. The van der Waals surface area contributed by atoms with Gasteiger partial charge in [0.15, 0.2) is 5.69 Å². The largest absolute Gasteiger partial charge is 0.389 e. The summed E-state index contributed by atoms with van der Waals surface area (Å²) in [5.74, 6) is -1.07. The Morgan fingerprint density at radius 1 is 1.23 bits per heavy atom. The molecule has 1 aromatic heterocycles. The van der Waals surface area contributed by atoms with Gasteiger partial charge in [0.2, 0.25) is 5.91 Å². The fraction of sp³-hybridized carbons (Fsp3) is 0.560. The molecule has 3 rings (SSSR count). The van der Waals surface area contributed by atoms with E-state index in [-0.39, 0.29) is 17.8 Å². The molecule has 0 radical (unpaired) electrons. The molecule has 0 bridgehead atoms. The maximum atomic E-state index is 14.8. The van der Waals surface area contributed by atoms with E-state index in [0.29, 0.717) is 29.6 Å². The minimum Gasteiger partial charge on any atom is -0.389 e. The molecule has 2 heterocycles. The van der Waals surface area contributed by atoms with E-state index in [2.05, 4.69) is 20.5 Å². The zero-order chi connectivity index (χ0) is 26.1. The standard InChI is InChI=1S/C25H35ClFN5O3/c1-24(2,3)20(23(34)28-14-25(4,5)35)30-22(33)19-18-13-31(6)10-7-11-32(18)21(29-19)16-12-15(26)8-9-17(16)27/h8-9,12,20,35H,7,10-11,13-14H2,1-6H3,(H,28,34)(H,30,33)/t20-/m1/s1. The van der Waals surface area contributed by atoms with Gasteiger partial charge in [-0.25, -0.2) is 9.37 Å². The van der Waals surface area contributed by atoms with Crippen molar-refractivity contribution < 1.29 is 19.1 Å². The Kier molecular flexibility index (Phi) is 7.93. The van der Waals surface area contributed by atoms with Crippen LogP contribution in [0.2, 0.25) is 5.02 Å². The lowest BCUT2D eigenvalue weighted by molar-refractivity contribution is -0.126. The van der Waals surface area contributed by atoms with E-state index in [0.717, 1.165) is 13.0 Å². The fourth-order valence-electron chi connectivity index (χ4n) is 4.06. The van der Waals surface area contributed by atoms with Crippen molar-refractivity contribution in [2.45, 2.75) is 65.8 Å². The van der Waals surface area contributed by atoms with Gasteiger partial charge in [-0.2, -0.15) is 0 Å². The molecule has 1 aliphatic heterocycles. The van der Waals surface area contributed by atoms with Crippen LogP contribution >= 0.6 is 11.6 Å². The van der Waals surface area contributed by atoms with Crippen LogP contribution in [0.15, 0.2) is 18.2 Å². The van der Waals surface area contributed by atoms with E-state index in [1.54, 1.807) is 13.8 Å². The fourth-order valence-corrected chi connectivity index (χ4v) is 4.23. The highest BCUT2D eigenvalue weighted by Crippen LogP contribution is 2.30. The number of aromatic nitrogens is 2.